The summed E-state index contributed by atoms with van der Waals surface area (Å²) >= 11 is 11.6. The highest BCUT2D eigenvalue weighted by Gasteiger charge is 2.16. The predicted octanol–water partition coefficient (Wildman–Crippen LogP) is 2.25. The highest BCUT2D eigenvalue weighted by atomic mass is 35.5. The summed E-state index contributed by atoms with van der Waals surface area (Å²) in [5.74, 6) is -0.203. The first kappa shape index (κ1) is 13.3. The van der Waals surface area contributed by atoms with E-state index in [1.807, 2.05) is 6.07 Å². The van der Waals surface area contributed by atoms with Gasteiger partial charge in [-0.1, -0.05) is 23.2 Å². The van der Waals surface area contributed by atoms with Crippen LogP contribution < -0.4 is 5.32 Å². The zero-order valence-electron chi connectivity index (χ0n) is 9.69. The third-order valence-corrected chi connectivity index (χ3v) is 2.87. The van der Waals surface area contributed by atoms with Crippen LogP contribution in [0.2, 0.25) is 10.2 Å². The van der Waals surface area contributed by atoms with Gasteiger partial charge in [0.1, 0.15) is 22.6 Å². The lowest BCUT2D eigenvalue weighted by molar-refractivity contribution is 0.102. The van der Waals surface area contributed by atoms with Crippen molar-refractivity contribution in [2.45, 2.75) is 0 Å². The fourth-order valence-corrected chi connectivity index (χ4v) is 1.78. The Morgan fingerprint density at radius 3 is 2.89 bits per heavy atom. The largest absolute Gasteiger partial charge is 0.306 e. The summed E-state index contributed by atoms with van der Waals surface area (Å²) in [7, 11) is 1.61. The van der Waals surface area contributed by atoms with Gasteiger partial charge in [-0.25, -0.2) is 4.98 Å². The molecule has 6 nitrogen and oxygen atoms in total. The summed E-state index contributed by atoms with van der Waals surface area (Å²) in [5.41, 5.74) is 0.430. The molecule has 0 radical (unpaired) electrons. The average Bonchev–Trinajstić information content (AvgIpc) is 2.73. The van der Waals surface area contributed by atoms with E-state index in [0.717, 1.165) is 0 Å². The molecule has 0 aliphatic rings. The number of carbonyl (C=O) groups excluding carboxylic acids is 1. The Balaban J connectivity index is 2.34. The third-order valence-electron chi connectivity index (χ3n) is 2.36. The molecule has 0 saturated carbocycles. The second kappa shape index (κ2) is 5.26. The van der Waals surface area contributed by atoms with Crippen LogP contribution in [0.1, 0.15) is 15.9 Å². The number of nitrogens with zero attached hydrogens (tertiary/aromatic N) is 4. The summed E-state index contributed by atoms with van der Waals surface area (Å²) in [6.45, 7) is 0. The van der Waals surface area contributed by atoms with Gasteiger partial charge >= 0.3 is 0 Å². The zero-order valence-corrected chi connectivity index (χ0v) is 11.2. The van der Waals surface area contributed by atoms with Crippen LogP contribution in [0.15, 0.2) is 18.5 Å². The zero-order chi connectivity index (χ0) is 14.0. The molecule has 0 aliphatic carbocycles. The van der Waals surface area contributed by atoms with Gasteiger partial charge in [0.05, 0.1) is 16.8 Å². The van der Waals surface area contributed by atoms with Crippen molar-refractivity contribution in [1.29, 1.82) is 5.26 Å². The maximum Gasteiger partial charge on any atom is 0.258 e. The smallest absolute Gasteiger partial charge is 0.258 e. The number of anilines is 1. The number of carbonyl (C=O) groups is 1. The number of nitriles is 1. The van der Waals surface area contributed by atoms with Gasteiger partial charge in [0.25, 0.3) is 5.91 Å². The second-order valence-electron chi connectivity index (χ2n) is 3.58. The molecule has 1 amide bonds. The van der Waals surface area contributed by atoms with E-state index in [1.165, 1.54) is 23.1 Å². The SMILES string of the molecule is Cn1ncc(C#N)c1NC(=O)c1cc(Cl)ncc1Cl. The van der Waals surface area contributed by atoms with E-state index < -0.39 is 5.91 Å². The molecule has 0 fully saturated rings. The third kappa shape index (κ3) is 2.67. The highest BCUT2D eigenvalue weighted by Crippen LogP contribution is 2.20. The highest BCUT2D eigenvalue weighted by molar-refractivity contribution is 6.35. The van der Waals surface area contributed by atoms with Crippen molar-refractivity contribution in [1.82, 2.24) is 14.8 Å². The van der Waals surface area contributed by atoms with Crippen LogP contribution in [0, 0.1) is 11.3 Å². The van der Waals surface area contributed by atoms with E-state index >= 15 is 0 Å². The number of hydrogen-bond acceptors (Lipinski definition) is 4. The molecule has 2 rings (SSSR count). The van der Waals surface area contributed by atoms with Gasteiger partial charge in [-0.2, -0.15) is 10.4 Å². The minimum absolute atomic E-state index is 0.153. The number of aryl methyl sites for hydroxylation is 1. The molecule has 0 atom stereocenters. The molecular formula is C11H7Cl2N5O. The van der Waals surface area contributed by atoms with E-state index in [-0.39, 0.29) is 27.1 Å². The molecule has 8 heteroatoms. The molecule has 0 saturated heterocycles. The van der Waals surface area contributed by atoms with Gasteiger partial charge in [-0.3, -0.25) is 9.48 Å². The summed E-state index contributed by atoms with van der Waals surface area (Å²) in [5, 5.41) is 15.7. The Hall–Kier alpha value is -2.10. The van der Waals surface area contributed by atoms with Gasteiger partial charge in [0.15, 0.2) is 0 Å². The van der Waals surface area contributed by atoms with Crippen molar-refractivity contribution in [2.75, 3.05) is 5.32 Å². The van der Waals surface area contributed by atoms with Crippen LogP contribution in [-0.2, 0) is 7.05 Å². The minimum atomic E-state index is -0.491. The van der Waals surface area contributed by atoms with Crippen molar-refractivity contribution in [3.8, 4) is 6.07 Å². The number of aromatic nitrogens is 3. The molecule has 0 bridgehead atoms. The van der Waals surface area contributed by atoms with Crippen molar-refractivity contribution in [3.63, 3.8) is 0 Å². The lowest BCUT2D eigenvalue weighted by Gasteiger charge is -2.07. The molecule has 2 aromatic rings. The lowest BCUT2D eigenvalue weighted by Crippen LogP contribution is -2.16. The number of rotatable bonds is 2. The summed E-state index contributed by atoms with van der Waals surface area (Å²) < 4.78 is 1.38. The van der Waals surface area contributed by atoms with Crippen molar-refractivity contribution < 1.29 is 4.79 Å². The molecule has 0 spiro atoms. The summed E-state index contributed by atoms with van der Waals surface area (Å²) in [6, 6.07) is 3.28. The fourth-order valence-electron chi connectivity index (χ4n) is 1.43. The normalized spacial score (nSPS) is 10.0. The van der Waals surface area contributed by atoms with Crippen molar-refractivity contribution in [2.24, 2.45) is 7.05 Å². The monoisotopic (exact) mass is 295 g/mol. The van der Waals surface area contributed by atoms with Crippen LogP contribution in [0.25, 0.3) is 0 Å². The van der Waals surface area contributed by atoms with E-state index in [4.69, 9.17) is 28.5 Å². The van der Waals surface area contributed by atoms with Gasteiger partial charge < -0.3 is 5.32 Å². The first-order valence-corrected chi connectivity index (χ1v) is 5.83. The number of nitrogens with one attached hydrogen (secondary N) is 1. The Labute approximate surface area is 118 Å². The molecule has 96 valence electrons. The Kier molecular flexibility index (Phi) is 3.69. The molecule has 0 aliphatic heterocycles. The summed E-state index contributed by atoms with van der Waals surface area (Å²) in [4.78, 5) is 15.8. The predicted molar refractivity (Wildman–Crippen MR) is 70.1 cm³/mol. The molecule has 0 aromatic carbocycles. The number of amides is 1. The molecule has 1 N–H and O–H groups in total. The lowest BCUT2D eigenvalue weighted by atomic mass is 10.2. The van der Waals surface area contributed by atoms with Gasteiger partial charge in [0, 0.05) is 13.2 Å². The van der Waals surface area contributed by atoms with Crippen LogP contribution >= 0.6 is 23.2 Å². The number of pyridine rings is 1. The van der Waals surface area contributed by atoms with E-state index in [9.17, 15) is 4.79 Å². The Morgan fingerprint density at radius 2 is 2.21 bits per heavy atom. The summed E-state index contributed by atoms with van der Waals surface area (Å²) in [6.07, 6.45) is 2.64. The van der Waals surface area contributed by atoms with Crippen molar-refractivity contribution >= 4 is 34.9 Å². The number of halogens is 2. The average molecular weight is 296 g/mol. The Bertz CT molecular complexity index is 689. The first-order valence-electron chi connectivity index (χ1n) is 5.07. The molecular weight excluding hydrogens is 289 g/mol. The quantitative estimate of drug-likeness (QED) is 0.861. The maximum atomic E-state index is 12.1. The maximum absolute atomic E-state index is 12.1. The van der Waals surface area contributed by atoms with Crippen molar-refractivity contribution in [3.05, 3.63) is 39.8 Å². The molecule has 2 aromatic heterocycles. The van der Waals surface area contributed by atoms with Crippen LogP contribution in [0.5, 0.6) is 0 Å². The number of hydrogen-bond donors (Lipinski definition) is 1. The van der Waals surface area contributed by atoms with E-state index in [1.54, 1.807) is 7.05 Å². The van der Waals surface area contributed by atoms with E-state index in [2.05, 4.69) is 15.4 Å². The van der Waals surface area contributed by atoms with Gasteiger partial charge in [0.2, 0.25) is 0 Å². The molecule has 19 heavy (non-hydrogen) atoms. The fraction of sp³-hybridized carbons (Fsp3) is 0.0909. The topological polar surface area (TPSA) is 83.6 Å². The van der Waals surface area contributed by atoms with Gasteiger partial charge in [-0.15, -0.1) is 0 Å². The molecule has 2 heterocycles. The first-order chi connectivity index (χ1) is 9.02. The molecule has 0 unspecified atom stereocenters. The standard InChI is InChI=1S/C11H7Cl2N5O/c1-18-10(6(3-14)4-16-18)17-11(19)7-2-9(13)15-5-8(7)12/h2,4-5H,1H3,(H,17,19). The van der Waals surface area contributed by atoms with Crippen LogP contribution in [-0.4, -0.2) is 20.7 Å². The van der Waals surface area contributed by atoms with Crippen LogP contribution in [0.3, 0.4) is 0 Å². The van der Waals surface area contributed by atoms with Gasteiger partial charge in [-0.05, 0) is 6.07 Å². The second-order valence-corrected chi connectivity index (χ2v) is 4.38. The Morgan fingerprint density at radius 1 is 1.47 bits per heavy atom. The van der Waals surface area contributed by atoms with Crippen LogP contribution in [0.4, 0.5) is 5.82 Å². The van der Waals surface area contributed by atoms with E-state index in [0.29, 0.717) is 0 Å². The minimum Gasteiger partial charge on any atom is -0.306 e.